The van der Waals surface area contributed by atoms with Crippen molar-refractivity contribution in [2.45, 2.75) is 19.5 Å². The van der Waals surface area contributed by atoms with E-state index in [4.69, 9.17) is 0 Å². The normalized spacial score (nSPS) is 12.7. The lowest BCUT2D eigenvalue weighted by Crippen LogP contribution is -2.17. The van der Waals surface area contributed by atoms with Crippen molar-refractivity contribution in [1.29, 1.82) is 0 Å². The predicted molar refractivity (Wildman–Crippen MR) is 81.4 cm³/mol. The lowest BCUT2D eigenvalue weighted by atomic mass is 10.1. The zero-order chi connectivity index (χ0) is 13.1. The van der Waals surface area contributed by atoms with Gasteiger partial charge < -0.3 is 5.32 Å². The standard InChI is InChI=1S/C13H12Br2FNS/c1-8(9-2-3-12(16)11(15)6-9)17-7-13-10(14)4-5-18-13/h2-6,8,17H,7H2,1H3. The first-order chi connectivity index (χ1) is 8.58. The maximum Gasteiger partial charge on any atom is 0.137 e. The summed E-state index contributed by atoms with van der Waals surface area (Å²) in [5.41, 5.74) is 1.07. The molecule has 96 valence electrons. The average Bonchev–Trinajstić information content (AvgIpc) is 2.75. The summed E-state index contributed by atoms with van der Waals surface area (Å²) in [6, 6.07) is 7.33. The molecule has 0 saturated carbocycles. The Morgan fingerprint density at radius 1 is 1.28 bits per heavy atom. The van der Waals surface area contributed by atoms with E-state index < -0.39 is 0 Å². The van der Waals surface area contributed by atoms with Crippen LogP contribution in [0.15, 0.2) is 38.6 Å². The third-order valence-electron chi connectivity index (χ3n) is 2.70. The Morgan fingerprint density at radius 3 is 2.67 bits per heavy atom. The SMILES string of the molecule is CC(NCc1sccc1Br)c1ccc(F)c(Br)c1. The second kappa shape index (κ2) is 6.28. The van der Waals surface area contributed by atoms with Gasteiger partial charge in [-0.1, -0.05) is 6.07 Å². The van der Waals surface area contributed by atoms with Crippen LogP contribution in [0.1, 0.15) is 23.4 Å². The third kappa shape index (κ3) is 3.41. The minimum Gasteiger partial charge on any atom is -0.305 e. The number of thiophene rings is 1. The molecule has 1 heterocycles. The molecule has 1 atom stereocenters. The van der Waals surface area contributed by atoms with Crippen LogP contribution < -0.4 is 5.32 Å². The fourth-order valence-corrected chi connectivity index (χ4v) is 3.44. The van der Waals surface area contributed by atoms with Crippen molar-refractivity contribution >= 4 is 43.2 Å². The Morgan fingerprint density at radius 2 is 2.06 bits per heavy atom. The highest BCUT2D eigenvalue weighted by Gasteiger charge is 2.09. The Bertz CT molecular complexity index is 542. The molecule has 1 unspecified atom stereocenters. The van der Waals surface area contributed by atoms with Crippen molar-refractivity contribution in [3.8, 4) is 0 Å². The number of benzene rings is 1. The molecule has 18 heavy (non-hydrogen) atoms. The van der Waals surface area contributed by atoms with E-state index in [1.165, 1.54) is 10.9 Å². The van der Waals surface area contributed by atoms with Gasteiger partial charge in [-0.15, -0.1) is 11.3 Å². The molecule has 2 rings (SSSR count). The summed E-state index contributed by atoms with van der Waals surface area (Å²) in [6.45, 7) is 2.87. The molecule has 0 aliphatic carbocycles. The van der Waals surface area contributed by atoms with E-state index in [1.807, 2.05) is 12.1 Å². The van der Waals surface area contributed by atoms with Gasteiger partial charge in [0.1, 0.15) is 5.82 Å². The van der Waals surface area contributed by atoms with E-state index in [2.05, 4.69) is 49.5 Å². The molecule has 0 saturated heterocycles. The molecule has 0 spiro atoms. The van der Waals surface area contributed by atoms with E-state index in [1.54, 1.807) is 17.4 Å². The van der Waals surface area contributed by atoms with Crippen LogP contribution >= 0.6 is 43.2 Å². The second-order valence-electron chi connectivity index (χ2n) is 3.97. The van der Waals surface area contributed by atoms with Gasteiger partial charge in [0.15, 0.2) is 0 Å². The summed E-state index contributed by atoms with van der Waals surface area (Å²) in [4.78, 5) is 1.27. The van der Waals surface area contributed by atoms with Gasteiger partial charge in [0, 0.05) is 21.9 Å². The van der Waals surface area contributed by atoms with Crippen molar-refractivity contribution in [2.24, 2.45) is 0 Å². The van der Waals surface area contributed by atoms with E-state index in [0.717, 1.165) is 16.6 Å². The molecular weight excluding hydrogens is 381 g/mol. The van der Waals surface area contributed by atoms with Gasteiger partial charge in [0.05, 0.1) is 4.47 Å². The zero-order valence-electron chi connectivity index (χ0n) is 9.71. The molecule has 1 aromatic carbocycles. The van der Waals surface area contributed by atoms with E-state index >= 15 is 0 Å². The summed E-state index contributed by atoms with van der Waals surface area (Å²) >= 11 is 8.43. The molecule has 5 heteroatoms. The van der Waals surface area contributed by atoms with E-state index in [9.17, 15) is 4.39 Å². The number of nitrogens with one attached hydrogen (secondary N) is 1. The Kier molecular flexibility index (Phi) is 4.95. The molecule has 0 aliphatic heterocycles. The molecule has 0 bridgehead atoms. The first-order valence-electron chi connectivity index (χ1n) is 5.48. The second-order valence-corrected chi connectivity index (χ2v) is 6.68. The Labute approximate surface area is 127 Å². The lowest BCUT2D eigenvalue weighted by molar-refractivity contribution is 0.573. The molecule has 1 nitrogen and oxygen atoms in total. The molecule has 0 aliphatic rings. The van der Waals surface area contributed by atoms with Gasteiger partial charge in [0.2, 0.25) is 0 Å². The van der Waals surface area contributed by atoms with Crippen LogP contribution in [0.4, 0.5) is 4.39 Å². The van der Waals surface area contributed by atoms with Crippen LogP contribution in [-0.4, -0.2) is 0 Å². The molecule has 1 aromatic heterocycles. The van der Waals surface area contributed by atoms with E-state index in [-0.39, 0.29) is 11.9 Å². The smallest absolute Gasteiger partial charge is 0.137 e. The van der Waals surface area contributed by atoms with Crippen LogP contribution in [0.25, 0.3) is 0 Å². The summed E-state index contributed by atoms with van der Waals surface area (Å²) in [7, 11) is 0. The Balaban J connectivity index is 2.01. The molecule has 1 N–H and O–H groups in total. The largest absolute Gasteiger partial charge is 0.305 e. The van der Waals surface area contributed by atoms with Gasteiger partial charge in [-0.2, -0.15) is 0 Å². The number of hydrogen-bond acceptors (Lipinski definition) is 2. The van der Waals surface area contributed by atoms with Gasteiger partial charge in [-0.05, 0) is 67.9 Å². The molecule has 0 fully saturated rings. The molecule has 2 aromatic rings. The molecule has 0 amide bonds. The number of halogens is 3. The topological polar surface area (TPSA) is 12.0 Å². The van der Waals surface area contributed by atoms with Crippen molar-refractivity contribution in [3.63, 3.8) is 0 Å². The van der Waals surface area contributed by atoms with Crippen LogP contribution in [0.3, 0.4) is 0 Å². The van der Waals surface area contributed by atoms with Crippen molar-refractivity contribution in [1.82, 2.24) is 5.32 Å². The number of rotatable bonds is 4. The van der Waals surface area contributed by atoms with Gasteiger partial charge in [-0.3, -0.25) is 0 Å². The van der Waals surface area contributed by atoms with Crippen LogP contribution in [-0.2, 0) is 6.54 Å². The maximum absolute atomic E-state index is 13.2. The Hall–Kier alpha value is -0.230. The van der Waals surface area contributed by atoms with Crippen LogP contribution in [0.5, 0.6) is 0 Å². The first-order valence-corrected chi connectivity index (χ1v) is 7.94. The third-order valence-corrected chi connectivity index (χ3v) is 5.24. The molecular formula is C13H12Br2FNS. The van der Waals surface area contributed by atoms with Gasteiger partial charge >= 0.3 is 0 Å². The van der Waals surface area contributed by atoms with Gasteiger partial charge in [-0.25, -0.2) is 4.39 Å². The summed E-state index contributed by atoms with van der Waals surface area (Å²) in [6.07, 6.45) is 0. The lowest BCUT2D eigenvalue weighted by Gasteiger charge is -2.14. The highest BCUT2D eigenvalue weighted by molar-refractivity contribution is 9.10. The highest BCUT2D eigenvalue weighted by atomic mass is 79.9. The van der Waals surface area contributed by atoms with Crippen molar-refractivity contribution < 1.29 is 4.39 Å². The fraction of sp³-hybridized carbons (Fsp3) is 0.231. The van der Waals surface area contributed by atoms with Crippen molar-refractivity contribution in [2.75, 3.05) is 0 Å². The van der Waals surface area contributed by atoms with Crippen LogP contribution in [0.2, 0.25) is 0 Å². The summed E-state index contributed by atoms with van der Waals surface area (Å²) in [5.74, 6) is -0.230. The van der Waals surface area contributed by atoms with E-state index in [0.29, 0.717) is 4.47 Å². The average molecular weight is 393 g/mol. The summed E-state index contributed by atoms with van der Waals surface area (Å²) in [5, 5.41) is 5.48. The minimum atomic E-state index is -0.230. The predicted octanol–water partition coefficient (Wildman–Crippen LogP) is 5.26. The number of hydrogen-bond donors (Lipinski definition) is 1. The highest BCUT2D eigenvalue weighted by Crippen LogP contribution is 2.25. The zero-order valence-corrected chi connectivity index (χ0v) is 13.7. The monoisotopic (exact) mass is 391 g/mol. The minimum absolute atomic E-state index is 0.177. The first kappa shape index (κ1) is 14.2. The maximum atomic E-state index is 13.2. The van der Waals surface area contributed by atoms with Gasteiger partial charge in [0.25, 0.3) is 0 Å². The quantitative estimate of drug-likeness (QED) is 0.747. The van der Waals surface area contributed by atoms with Crippen LogP contribution in [0, 0.1) is 5.82 Å². The molecule has 0 radical (unpaired) electrons. The summed E-state index contributed by atoms with van der Waals surface area (Å²) < 4.78 is 14.8. The van der Waals surface area contributed by atoms with Crippen molar-refractivity contribution in [3.05, 3.63) is 54.8 Å². The fourth-order valence-electron chi connectivity index (χ4n) is 1.60.